The van der Waals surface area contributed by atoms with Gasteiger partial charge in [0.1, 0.15) is 5.75 Å². The number of aliphatic hydroxyl groups excluding tert-OH is 1. The number of aromatic nitrogens is 1. The Kier molecular flexibility index (Phi) is 8.56. The summed E-state index contributed by atoms with van der Waals surface area (Å²) in [4.78, 5) is 7.05. The molecule has 1 heterocycles. The summed E-state index contributed by atoms with van der Waals surface area (Å²) in [5.74, 6) is 0.161. The van der Waals surface area contributed by atoms with E-state index in [0.29, 0.717) is 27.8 Å². The van der Waals surface area contributed by atoms with E-state index in [1.165, 1.54) is 0 Å². The minimum absolute atomic E-state index is 0.161. The molecule has 0 aliphatic heterocycles. The van der Waals surface area contributed by atoms with E-state index in [0.717, 1.165) is 55.3 Å². The molecule has 4 nitrogen and oxygen atoms in total. The van der Waals surface area contributed by atoms with Gasteiger partial charge in [-0.05, 0) is 61.8 Å². The van der Waals surface area contributed by atoms with Gasteiger partial charge < -0.3 is 15.1 Å². The number of fused-ring (bicyclic) bond motifs is 1. The van der Waals surface area contributed by atoms with Crippen molar-refractivity contribution < 1.29 is 10.2 Å². The normalized spacial score (nSPS) is 12.6. The molecule has 3 rings (SSSR count). The van der Waals surface area contributed by atoms with E-state index in [1.54, 1.807) is 24.3 Å². The summed E-state index contributed by atoms with van der Waals surface area (Å²) in [5, 5.41) is 22.9. The molecule has 1 unspecified atom stereocenters. The summed E-state index contributed by atoms with van der Waals surface area (Å²) < 4.78 is 0. The Morgan fingerprint density at radius 3 is 2.35 bits per heavy atom. The summed E-state index contributed by atoms with van der Waals surface area (Å²) >= 11 is 12.8. The molecule has 0 saturated carbocycles. The third-order valence-electron chi connectivity index (χ3n) is 5.45. The van der Waals surface area contributed by atoms with Crippen LogP contribution in [0.15, 0.2) is 42.5 Å². The molecule has 6 heteroatoms. The Hall–Kier alpha value is -1.85. The number of phenols is 1. The summed E-state index contributed by atoms with van der Waals surface area (Å²) in [6, 6.07) is 12.3. The lowest BCUT2D eigenvalue weighted by molar-refractivity contribution is 0.112. The van der Waals surface area contributed by atoms with Gasteiger partial charge in [0.2, 0.25) is 0 Å². The number of benzene rings is 2. The molecule has 0 radical (unpaired) electrons. The zero-order chi connectivity index (χ0) is 22.4. The van der Waals surface area contributed by atoms with Crippen LogP contribution in [-0.2, 0) is 0 Å². The number of halogens is 2. The minimum Gasteiger partial charge on any atom is -0.508 e. The van der Waals surface area contributed by atoms with Gasteiger partial charge in [-0.15, -0.1) is 0 Å². The van der Waals surface area contributed by atoms with Crippen molar-refractivity contribution in [2.45, 2.75) is 45.6 Å². The van der Waals surface area contributed by atoms with Crippen molar-refractivity contribution in [3.05, 3.63) is 58.1 Å². The second kappa shape index (κ2) is 11.1. The van der Waals surface area contributed by atoms with Crippen molar-refractivity contribution >= 4 is 34.1 Å². The first-order chi connectivity index (χ1) is 14.9. The van der Waals surface area contributed by atoms with Gasteiger partial charge in [-0.1, -0.05) is 62.0 Å². The quantitative estimate of drug-likeness (QED) is 0.347. The number of phenolic OH excluding ortho intramolecular Hbond substituents is 1. The summed E-state index contributed by atoms with van der Waals surface area (Å²) in [6.07, 6.45) is 3.71. The third kappa shape index (κ3) is 6.11. The molecule has 1 aromatic heterocycles. The first-order valence-electron chi connectivity index (χ1n) is 10.9. The average Bonchev–Trinajstić information content (AvgIpc) is 2.74. The number of hydrogen-bond acceptors (Lipinski definition) is 4. The lowest BCUT2D eigenvalue weighted by Crippen LogP contribution is -2.31. The first kappa shape index (κ1) is 23.8. The molecule has 0 aliphatic rings. The van der Waals surface area contributed by atoms with Crippen LogP contribution in [0, 0.1) is 0 Å². The number of hydrogen-bond donors (Lipinski definition) is 2. The molecule has 2 N–H and O–H groups in total. The van der Waals surface area contributed by atoms with Crippen molar-refractivity contribution in [2.24, 2.45) is 0 Å². The highest BCUT2D eigenvalue weighted by molar-refractivity contribution is 6.38. The van der Waals surface area contributed by atoms with Gasteiger partial charge in [-0.2, -0.15) is 0 Å². The predicted octanol–water partition coefficient (Wildman–Crippen LogP) is 6.85. The fraction of sp³-hybridized carbons (Fsp3) is 0.400. The molecule has 0 aliphatic carbocycles. The van der Waals surface area contributed by atoms with Crippen LogP contribution in [0.25, 0.3) is 22.2 Å². The number of aromatic hydroxyl groups is 1. The van der Waals surface area contributed by atoms with Gasteiger partial charge in [-0.25, -0.2) is 4.98 Å². The molecule has 31 heavy (non-hydrogen) atoms. The van der Waals surface area contributed by atoms with E-state index in [2.05, 4.69) is 18.7 Å². The molecule has 0 saturated heterocycles. The zero-order valence-electron chi connectivity index (χ0n) is 18.1. The van der Waals surface area contributed by atoms with Crippen LogP contribution in [0.3, 0.4) is 0 Å². The largest absolute Gasteiger partial charge is 0.508 e. The van der Waals surface area contributed by atoms with Crippen molar-refractivity contribution in [1.82, 2.24) is 9.88 Å². The van der Waals surface area contributed by atoms with E-state index in [9.17, 15) is 10.2 Å². The third-order valence-corrected chi connectivity index (χ3v) is 5.96. The monoisotopic (exact) mass is 460 g/mol. The van der Waals surface area contributed by atoms with Gasteiger partial charge in [0, 0.05) is 22.5 Å². The lowest BCUT2D eigenvalue weighted by Gasteiger charge is -2.26. The van der Waals surface area contributed by atoms with Crippen molar-refractivity contribution in [2.75, 3.05) is 19.6 Å². The molecular formula is C25H30Cl2N2O2. The number of rotatable bonds is 10. The molecular weight excluding hydrogens is 431 g/mol. The molecule has 166 valence electrons. The van der Waals surface area contributed by atoms with Gasteiger partial charge in [0.25, 0.3) is 0 Å². The van der Waals surface area contributed by atoms with Crippen LogP contribution in [0.4, 0.5) is 0 Å². The fourth-order valence-corrected chi connectivity index (χ4v) is 4.30. The molecule has 1 atom stereocenters. The molecule has 2 aromatic carbocycles. The molecule has 3 aromatic rings. The number of aliphatic hydroxyl groups is 1. The Labute approximate surface area is 194 Å². The van der Waals surface area contributed by atoms with Gasteiger partial charge in [-0.3, -0.25) is 0 Å². The van der Waals surface area contributed by atoms with E-state index in [4.69, 9.17) is 28.2 Å². The van der Waals surface area contributed by atoms with Crippen LogP contribution in [0.5, 0.6) is 5.75 Å². The first-order valence-corrected chi connectivity index (χ1v) is 11.7. The second-order valence-electron chi connectivity index (χ2n) is 7.95. The summed E-state index contributed by atoms with van der Waals surface area (Å²) in [6.45, 7) is 6.80. The van der Waals surface area contributed by atoms with Crippen LogP contribution in [0.2, 0.25) is 10.0 Å². The maximum absolute atomic E-state index is 11.3. The van der Waals surface area contributed by atoms with Gasteiger partial charge in [0.05, 0.1) is 22.3 Å². The molecule has 0 bridgehead atoms. The SMILES string of the molecule is CCCCN(CCCC)CC(O)c1cc(-c2cccc(O)c2)nc2c(Cl)cc(Cl)cc12. The average molecular weight is 461 g/mol. The highest BCUT2D eigenvalue weighted by atomic mass is 35.5. The standard InChI is InChI=1S/C25H30Cl2N2O2/c1-3-5-10-29(11-6-4-2)16-24(31)20-15-23(17-8-7-9-19(30)12-17)28-25-21(20)13-18(26)14-22(25)27/h7-9,12-15,24,30-31H,3-6,10-11,16H2,1-2H3. The molecule has 0 spiro atoms. The van der Waals surface area contributed by atoms with Gasteiger partial charge >= 0.3 is 0 Å². The van der Waals surface area contributed by atoms with Crippen LogP contribution < -0.4 is 0 Å². The van der Waals surface area contributed by atoms with Crippen molar-refractivity contribution in [3.8, 4) is 17.0 Å². The Balaban J connectivity index is 2.05. The summed E-state index contributed by atoms with van der Waals surface area (Å²) in [7, 11) is 0. The zero-order valence-corrected chi connectivity index (χ0v) is 19.6. The van der Waals surface area contributed by atoms with Crippen molar-refractivity contribution in [1.29, 1.82) is 0 Å². The topological polar surface area (TPSA) is 56.6 Å². The van der Waals surface area contributed by atoms with Gasteiger partial charge in [0.15, 0.2) is 0 Å². The molecule has 0 amide bonds. The van der Waals surface area contributed by atoms with Crippen LogP contribution in [0.1, 0.15) is 51.2 Å². The van der Waals surface area contributed by atoms with E-state index >= 15 is 0 Å². The lowest BCUT2D eigenvalue weighted by atomic mass is 9.99. The molecule has 0 fully saturated rings. The number of pyridine rings is 1. The number of unbranched alkanes of at least 4 members (excludes halogenated alkanes) is 2. The Morgan fingerprint density at radius 1 is 1.00 bits per heavy atom. The predicted molar refractivity (Wildman–Crippen MR) is 130 cm³/mol. The van der Waals surface area contributed by atoms with E-state index < -0.39 is 6.10 Å². The maximum atomic E-state index is 11.3. The second-order valence-corrected chi connectivity index (χ2v) is 8.80. The Bertz CT molecular complexity index is 1020. The van der Waals surface area contributed by atoms with Crippen molar-refractivity contribution in [3.63, 3.8) is 0 Å². The highest BCUT2D eigenvalue weighted by Gasteiger charge is 2.19. The maximum Gasteiger partial charge on any atom is 0.116 e. The number of nitrogens with zero attached hydrogens (tertiary/aromatic N) is 2. The van der Waals surface area contributed by atoms with Crippen LogP contribution >= 0.6 is 23.2 Å². The van der Waals surface area contributed by atoms with Crippen LogP contribution in [-0.4, -0.2) is 39.7 Å². The highest BCUT2D eigenvalue weighted by Crippen LogP contribution is 2.35. The Morgan fingerprint density at radius 2 is 1.71 bits per heavy atom. The minimum atomic E-state index is -0.718. The fourth-order valence-electron chi connectivity index (χ4n) is 3.77. The van der Waals surface area contributed by atoms with E-state index in [1.807, 2.05) is 18.2 Å². The summed E-state index contributed by atoms with van der Waals surface area (Å²) in [5.41, 5.74) is 2.74. The smallest absolute Gasteiger partial charge is 0.116 e. The van der Waals surface area contributed by atoms with E-state index in [-0.39, 0.29) is 5.75 Å².